The molecular weight excluding hydrogens is 364 g/mol. The molecule has 0 atom stereocenters. The molecule has 2 aromatic carbocycles. The highest BCUT2D eigenvalue weighted by atomic mass is 19.1. The van der Waals surface area contributed by atoms with E-state index in [2.05, 4.69) is 20.4 Å². The number of imidazole rings is 1. The Bertz CT molecular complexity index is 1210. The number of amides is 1. The van der Waals surface area contributed by atoms with Crippen LogP contribution in [0.2, 0.25) is 0 Å². The summed E-state index contributed by atoms with van der Waals surface area (Å²) in [6.45, 7) is 0. The van der Waals surface area contributed by atoms with Crippen molar-refractivity contribution in [2.24, 2.45) is 7.05 Å². The van der Waals surface area contributed by atoms with Crippen LogP contribution in [0.1, 0.15) is 5.56 Å². The number of nitrogens with zero attached hydrogens (tertiary/aromatic N) is 3. The topological polar surface area (TPSA) is 75.6 Å². The molecule has 4 rings (SSSR count). The molecule has 8 heteroatoms. The Morgan fingerprint density at radius 2 is 2.07 bits per heavy atom. The largest absolute Gasteiger partial charge is 0.338 e. The molecule has 140 valence electrons. The molecule has 0 saturated carbocycles. The van der Waals surface area contributed by atoms with Crippen LogP contribution in [0, 0.1) is 11.6 Å². The first kappa shape index (κ1) is 17.6. The summed E-state index contributed by atoms with van der Waals surface area (Å²) in [4.78, 5) is 19.3. The maximum absolute atomic E-state index is 14.0. The summed E-state index contributed by atoms with van der Waals surface area (Å²) in [5, 5.41) is 6.77. The molecule has 0 aliphatic heterocycles. The maximum Gasteiger partial charge on any atom is 0.248 e. The Labute approximate surface area is 158 Å². The summed E-state index contributed by atoms with van der Waals surface area (Å²) < 4.78 is 29.0. The zero-order valence-electron chi connectivity index (χ0n) is 14.8. The molecule has 4 aromatic rings. The Kier molecular flexibility index (Phi) is 4.44. The zero-order chi connectivity index (χ0) is 19.7. The molecule has 2 aromatic heterocycles. The monoisotopic (exact) mass is 379 g/mol. The van der Waals surface area contributed by atoms with E-state index < -0.39 is 11.6 Å². The fraction of sp³-hybridized carbons (Fsp3) is 0.0500. The molecule has 0 aliphatic carbocycles. The van der Waals surface area contributed by atoms with Crippen LogP contribution in [0.3, 0.4) is 0 Å². The lowest BCUT2D eigenvalue weighted by Gasteiger charge is -2.01. The SMILES string of the molecule is Cn1cc(/C=C/C(=O)Nc2ccc3nc(-c4cc(F)ccc4F)[nH]c3c2)cn1. The van der Waals surface area contributed by atoms with Crippen LogP contribution in [0.4, 0.5) is 14.5 Å². The maximum atomic E-state index is 14.0. The van der Waals surface area contributed by atoms with Crippen LogP contribution in [0.15, 0.2) is 54.9 Å². The predicted octanol–water partition coefficient (Wildman–Crippen LogP) is 3.89. The van der Waals surface area contributed by atoms with Gasteiger partial charge in [0.05, 0.1) is 22.8 Å². The molecule has 28 heavy (non-hydrogen) atoms. The number of benzene rings is 2. The second-order valence-electron chi connectivity index (χ2n) is 6.21. The second-order valence-corrected chi connectivity index (χ2v) is 6.21. The molecule has 2 heterocycles. The number of carbonyl (C=O) groups is 1. The van der Waals surface area contributed by atoms with E-state index in [1.54, 1.807) is 48.4 Å². The molecule has 2 N–H and O–H groups in total. The lowest BCUT2D eigenvalue weighted by molar-refractivity contribution is -0.111. The minimum absolute atomic E-state index is 0.0428. The molecule has 0 bridgehead atoms. The van der Waals surface area contributed by atoms with Crippen LogP contribution in [-0.2, 0) is 11.8 Å². The van der Waals surface area contributed by atoms with E-state index >= 15 is 0 Å². The van der Waals surface area contributed by atoms with E-state index in [1.165, 1.54) is 6.08 Å². The highest BCUT2D eigenvalue weighted by molar-refractivity contribution is 6.02. The van der Waals surface area contributed by atoms with Gasteiger partial charge in [0.1, 0.15) is 17.5 Å². The lowest BCUT2D eigenvalue weighted by atomic mass is 10.2. The van der Waals surface area contributed by atoms with Crippen molar-refractivity contribution in [2.45, 2.75) is 0 Å². The van der Waals surface area contributed by atoms with E-state index in [9.17, 15) is 13.6 Å². The zero-order valence-corrected chi connectivity index (χ0v) is 14.8. The third-order valence-corrected chi connectivity index (χ3v) is 4.08. The molecular formula is C20H15F2N5O. The van der Waals surface area contributed by atoms with Gasteiger partial charge in [-0.05, 0) is 42.5 Å². The van der Waals surface area contributed by atoms with Crippen molar-refractivity contribution in [3.63, 3.8) is 0 Å². The fourth-order valence-electron chi connectivity index (χ4n) is 2.78. The molecule has 0 saturated heterocycles. The molecule has 0 spiro atoms. The van der Waals surface area contributed by atoms with Crippen molar-refractivity contribution in [3.05, 3.63) is 72.1 Å². The summed E-state index contributed by atoms with van der Waals surface area (Å²) in [5.74, 6) is -1.22. The minimum atomic E-state index is -0.575. The van der Waals surface area contributed by atoms with Gasteiger partial charge >= 0.3 is 0 Å². The first-order valence-electron chi connectivity index (χ1n) is 8.41. The van der Waals surface area contributed by atoms with Gasteiger partial charge in [0.2, 0.25) is 5.91 Å². The number of rotatable bonds is 4. The van der Waals surface area contributed by atoms with Crippen LogP contribution >= 0.6 is 0 Å². The summed E-state index contributed by atoms with van der Waals surface area (Å²) in [5.41, 5.74) is 2.56. The summed E-state index contributed by atoms with van der Waals surface area (Å²) in [6, 6.07) is 8.24. The van der Waals surface area contributed by atoms with Gasteiger partial charge in [0.25, 0.3) is 0 Å². The Hall–Kier alpha value is -3.81. The third kappa shape index (κ3) is 3.66. The van der Waals surface area contributed by atoms with Gasteiger partial charge in [-0.3, -0.25) is 9.48 Å². The molecule has 0 radical (unpaired) electrons. The highest BCUT2D eigenvalue weighted by Crippen LogP contribution is 2.25. The highest BCUT2D eigenvalue weighted by Gasteiger charge is 2.12. The van der Waals surface area contributed by atoms with Gasteiger partial charge < -0.3 is 10.3 Å². The van der Waals surface area contributed by atoms with Gasteiger partial charge in [-0.25, -0.2) is 13.8 Å². The number of aryl methyl sites for hydroxylation is 1. The summed E-state index contributed by atoms with van der Waals surface area (Å²) in [7, 11) is 1.79. The van der Waals surface area contributed by atoms with Crippen LogP contribution in [0.5, 0.6) is 0 Å². The van der Waals surface area contributed by atoms with Crippen molar-refractivity contribution >= 4 is 28.7 Å². The average Bonchev–Trinajstić information content (AvgIpc) is 3.27. The first-order valence-corrected chi connectivity index (χ1v) is 8.41. The van der Waals surface area contributed by atoms with E-state index in [0.29, 0.717) is 16.7 Å². The number of nitrogens with one attached hydrogen (secondary N) is 2. The molecule has 6 nitrogen and oxygen atoms in total. The lowest BCUT2D eigenvalue weighted by Crippen LogP contribution is -2.07. The van der Waals surface area contributed by atoms with Gasteiger partial charge in [-0.15, -0.1) is 0 Å². The second kappa shape index (κ2) is 7.07. The average molecular weight is 379 g/mol. The number of carbonyl (C=O) groups excluding carboxylic acids is 1. The number of fused-ring (bicyclic) bond motifs is 1. The normalized spacial score (nSPS) is 11.4. The smallest absolute Gasteiger partial charge is 0.248 e. The first-order chi connectivity index (χ1) is 13.5. The number of anilines is 1. The van der Waals surface area contributed by atoms with E-state index in [-0.39, 0.29) is 17.3 Å². The number of aromatic nitrogens is 4. The van der Waals surface area contributed by atoms with Crippen molar-refractivity contribution < 1.29 is 13.6 Å². The standard InChI is InChI=1S/C20H15F2N5O/c1-27-11-12(10-23-27)2-7-19(28)24-14-4-6-17-18(9-14)26-20(25-17)15-8-13(21)3-5-16(15)22/h2-11H,1H3,(H,24,28)(H,25,26)/b7-2+. The number of H-pyrrole nitrogens is 1. The van der Waals surface area contributed by atoms with Gasteiger partial charge in [0, 0.05) is 30.6 Å². The molecule has 0 aliphatic rings. The van der Waals surface area contributed by atoms with Crippen LogP contribution in [-0.4, -0.2) is 25.7 Å². The van der Waals surface area contributed by atoms with Gasteiger partial charge in [-0.2, -0.15) is 5.10 Å². The number of aromatic amines is 1. The Balaban J connectivity index is 1.55. The molecule has 0 unspecified atom stereocenters. The molecule has 0 fully saturated rings. The Morgan fingerprint density at radius 1 is 1.21 bits per heavy atom. The van der Waals surface area contributed by atoms with Crippen molar-refractivity contribution in [1.82, 2.24) is 19.7 Å². The quantitative estimate of drug-likeness (QED) is 0.528. The number of hydrogen-bond acceptors (Lipinski definition) is 3. The van der Waals surface area contributed by atoms with Gasteiger partial charge in [-0.1, -0.05) is 0 Å². The summed E-state index contributed by atoms with van der Waals surface area (Å²) >= 11 is 0. The Morgan fingerprint density at radius 3 is 2.86 bits per heavy atom. The molecule has 1 amide bonds. The number of hydrogen-bond donors (Lipinski definition) is 2. The predicted molar refractivity (Wildman–Crippen MR) is 102 cm³/mol. The van der Waals surface area contributed by atoms with Crippen molar-refractivity contribution in [1.29, 1.82) is 0 Å². The number of halogens is 2. The van der Waals surface area contributed by atoms with E-state index in [4.69, 9.17) is 0 Å². The van der Waals surface area contributed by atoms with Crippen LogP contribution in [0.25, 0.3) is 28.5 Å². The van der Waals surface area contributed by atoms with Crippen LogP contribution < -0.4 is 5.32 Å². The van der Waals surface area contributed by atoms with E-state index in [1.807, 2.05) is 0 Å². The van der Waals surface area contributed by atoms with E-state index in [0.717, 1.165) is 23.8 Å². The third-order valence-electron chi connectivity index (χ3n) is 4.08. The van der Waals surface area contributed by atoms with Crippen molar-refractivity contribution in [3.8, 4) is 11.4 Å². The van der Waals surface area contributed by atoms with Crippen molar-refractivity contribution in [2.75, 3.05) is 5.32 Å². The van der Waals surface area contributed by atoms with Gasteiger partial charge in [0.15, 0.2) is 0 Å². The minimum Gasteiger partial charge on any atom is -0.338 e. The fourth-order valence-corrected chi connectivity index (χ4v) is 2.78. The summed E-state index contributed by atoms with van der Waals surface area (Å²) in [6.07, 6.45) is 6.49.